The van der Waals surface area contributed by atoms with Crippen molar-refractivity contribution < 1.29 is 19.4 Å². The number of fused-ring (bicyclic) bond motifs is 1. The van der Waals surface area contributed by atoms with Gasteiger partial charge in [0.2, 0.25) is 5.95 Å². The van der Waals surface area contributed by atoms with Gasteiger partial charge in [-0.15, -0.1) is 0 Å². The number of ether oxygens (including phenoxy) is 2. The van der Waals surface area contributed by atoms with Crippen LogP contribution in [0.15, 0.2) is 79.1 Å². The van der Waals surface area contributed by atoms with Gasteiger partial charge in [0.15, 0.2) is 17.3 Å². The molecule has 5 rings (SSSR count). The second-order valence-electron chi connectivity index (χ2n) is 9.86. The Balaban J connectivity index is 1.48. The summed E-state index contributed by atoms with van der Waals surface area (Å²) in [4.78, 5) is 23.9. The minimum Gasteiger partial charge on any atom is -0.493 e. The summed E-state index contributed by atoms with van der Waals surface area (Å²) in [5.41, 5.74) is 17.9. The number of carbonyl (C=O) groups excluding carboxylic acids is 1. The third-order valence-corrected chi connectivity index (χ3v) is 7.33. The Morgan fingerprint density at radius 2 is 1.85 bits per heavy atom. The number of benzene rings is 3. The second-order valence-corrected chi connectivity index (χ2v) is 9.86. The third-order valence-electron chi connectivity index (χ3n) is 7.33. The molecule has 1 aromatic heterocycles. The maximum absolute atomic E-state index is 13.7. The first-order chi connectivity index (χ1) is 19.9. The molecule has 0 saturated carbocycles. The number of nitrogens with two attached hydrogens (primary N) is 2. The van der Waals surface area contributed by atoms with E-state index in [-0.39, 0.29) is 30.2 Å². The summed E-state index contributed by atoms with van der Waals surface area (Å²) in [5, 5.41) is 9.51. The number of rotatable bonds is 9. The highest BCUT2D eigenvalue weighted by Gasteiger charge is 2.27. The van der Waals surface area contributed by atoms with Crippen molar-refractivity contribution in [1.29, 1.82) is 0 Å². The molecule has 0 radical (unpaired) electrons. The Labute approximate surface area is 239 Å². The predicted octanol–water partition coefficient (Wildman–Crippen LogP) is 4.09. The van der Waals surface area contributed by atoms with Gasteiger partial charge in [0, 0.05) is 37.0 Å². The lowest BCUT2D eigenvalue weighted by Gasteiger charge is -2.37. The molecule has 1 unspecified atom stereocenters. The number of nitrogens with zero attached hydrogens (tertiary/aromatic N) is 3. The van der Waals surface area contributed by atoms with Gasteiger partial charge >= 0.3 is 0 Å². The smallest absolute Gasteiger partial charge is 0.221 e. The summed E-state index contributed by atoms with van der Waals surface area (Å²) in [6.45, 7) is 0.728. The van der Waals surface area contributed by atoms with Crippen molar-refractivity contribution >= 4 is 17.5 Å². The van der Waals surface area contributed by atoms with Gasteiger partial charge in [-0.25, -0.2) is 4.98 Å². The van der Waals surface area contributed by atoms with E-state index in [0.29, 0.717) is 29.0 Å². The van der Waals surface area contributed by atoms with E-state index in [1.54, 1.807) is 18.3 Å². The number of aromatic nitrogens is 2. The zero-order chi connectivity index (χ0) is 28.9. The molecule has 210 valence electrons. The van der Waals surface area contributed by atoms with Crippen LogP contribution in [-0.2, 0) is 19.4 Å². The number of allylic oxidation sites excluding steroid dienone is 1. The van der Waals surface area contributed by atoms with Gasteiger partial charge in [0.05, 0.1) is 32.4 Å². The molecule has 4 aromatic rings. The number of hydrogen-bond acceptors (Lipinski definition) is 9. The number of ketones is 1. The monoisotopic (exact) mass is 551 g/mol. The van der Waals surface area contributed by atoms with E-state index in [0.717, 1.165) is 29.7 Å². The number of anilines is 2. The van der Waals surface area contributed by atoms with Crippen LogP contribution in [0.3, 0.4) is 0 Å². The van der Waals surface area contributed by atoms with Crippen LogP contribution in [0.25, 0.3) is 0 Å². The standard InChI is InChI=1S/C32H33N5O4/c1-40-28-17-21(15-24-18-35-32(34)36-31(24)33)16-26(30(28)41-2)27(39)12-14-37-13-11-22-5-3-4-6-25(22)29(37)23-9-7-20(19-38)8-10-23/h3-10,12,14,16-18,29,38H,11,13,15,19H2,1-2H3,(H4,33,34,35,36)/b14-12+. The van der Waals surface area contributed by atoms with Crippen LogP contribution in [0.2, 0.25) is 0 Å². The van der Waals surface area contributed by atoms with Crippen molar-refractivity contribution in [3.8, 4) is 11.5 Å². The average molecular weight is 552 g/mol. The van der Waals surface area contributed by atoms with E-state index >= 15 is 0 Å². The summed E-state index contributed by atoms with van der Waals surface area (Å²) in [7, 11) is 3.04. The second kappa shape index (κ2) is 12.1. The number of aliphatic hydroxyl groups is 1. The molecule has 1 aliphatic heterocycles. The molecule has 0 aliphatic carbocycles. The minimum absolute atomic E-state index is 0.0119. The van der Waals surface area contributed by atoms with Crippen LogP contribution < -0.4 is 20.9 Å². The Bertz CT molecular complexity index is 1590. The maximum Gasteiger partial charge on any atom is 0.221 e. The highest BCUT2D eigenvalue weighted by atomic mass is 16.5. The number of nitrogen functional groups attached to an aromatic ring is 2. The summed E-state index contributed by atoms with van der Waals surface area (Å²) in [6.07, 6.45) is 6.25. The number of hydrogen-bond donors (Lipinski definition) is 3. The van der Waals surface area contributed by atoms with Crippen LogP contribution in [0.4, 0.5) is 11.8 Å². The van der Waals surface area contributed by atoms with Crippen molar-refractivity contribution in [2.45, 2.75) is 25.5 Å². The topological polar surface area (TPSA) is 137 Å². The maximum atomic E-state index is 13.7. The summed E-state index contributed by atoms with van der Waals surface area (Å²) in [5.74, 6) is 0.945. The number of aliphatic hydroxyl groups excluding tert-OH is 1. The summed E-state index contributed by atoms with van der Waals surface area (Å²) >= 11 is 0. The van der Waals surface area contributed by atoms with E-state index in [9.17, 15) is 9.90 Å². The van der Waals surface area contributed by atoms with Gasteiger partial charge in [0.25, 0.3) is 0 Å². The Morgan fingerprint density at radius 3 is 2.56 bits per heavy atom. The van der Waals surface area contributed by atoms with Crippen molar-refractivity contribution in [2.75, 3.05) is 32.2 Å². The average Bonchev–Trinajstić information content (AvgIpc) is 3.00. The quantitative estimate of drug-likeness (QED) is 0.208. The fraction of sp³-hybridized carbons (Fsp3) is 0.219. The predicted molar refractivity (Wildman–Crippen MR) is 158 cm³/mol. The lowest BCUT2D eigenvalue weighted by molar-refractivity contribution is 0.104. The molecule has 0 fully saturated rings. The van der Waals surface area contributed by atoms with Crippen LogP contribution >= 0.6 is 0 Å². The van der Waals surface area contributed by atoms with E-state index < -0.39 is 0 Å². The lowest BCUT2D eigenvalue weighted by atomic mass is 9.88. The van der Waals surface area contributed by atoms with E-state index in [1.165, 1.54) is 25.3 Å². The summed E-state index contributed by atoms with van der Waals surface area (Å²) in [6, 6.07) is 19.8. The fourth-order valence-corrected chi connectivity index (χ4v) is 5.27. The molecule has 9 heteroatoms. The van der Waals surface area contributed by atoms with Crippen molar-refractivity contribution in [3.05, 3.63) is 118 Å². The highest BCUT2D eigenvalue weighted by molar-refractivity contribution is 6.07. The van der Waals surface area contributed by atoms with E-state index in [4.69, 9.17) is 20.9 Å². The molecule has 3 aromatic carbocycles. The summed E-state index contributed by atoms with van der Waals surface area (Å²) < 4.78 is 11.2. The van der Waals surface area contributed by atoms with Crippen molar-refractivity contribution in [1.82, 2.24) is 14.9 Å². The molecule has 0 amide bonds. The first-order valence-electron chi connectivity index (χ1n) is 13.3. The van der Waals surface area contributed by atoms with Crippen molar-refractivity contribution in [3.63, 3.8) is 0 Å². The SMILES string of the molecule is COc1cc(Cc2cnc(N)nc2N)cc(C(=O)/C=C/N2CCc3ccccc3C2c2ccc(CO)cc2)c1OC. The normalized spacial score (nSPS) is 14.6. The van der Waals surface area contributed by atoms with Crippen LogP contribution in [0.5, 0.6) is 11.5 Å². The first-order valence-corrected chi connectivity index (χ1v) is 13.3. The molecule has 1 atom stereocenters. The Morgan fingerprint density at radius 1 is 1.07 bits per heavy atom. The van der Waals surface area contributed by atoms with E-state index in [1.807, 2.05) is 42.6 Å². The zero-order valence-electron chi connectivity index (χ0n) is 23.1. The molecule has 41 heavy (non-hydrogen) atoms. The molecule has 9 nitrogen and oxygen atoms in total. The van der Waals surface area contributed by atoms with Gasteiger partial charge in [-0.05, 0) is 46.4 Å². The molecular weight excluding hydrogens is 518 g/mol. The molecule has 1 aliphatic rings. The van der Waals surface area contributed by atoms with Crippen molar-refractivity contribution in [2.24, 2.45) is 0 Å². The Hall–Kier alpha value is -4.89. The number of methoxy groups -OCH3 is 2. The van der Waals surface area contributed by atoms with Crippen LogP contribution in [-0.4, -0.2) is 46.5 Å². The molecule has 0 spiro atoms. The number of carbonyl (C=O) groups is 1. The molecule has 5 N–H and O–H groups in total. The molecule has 2 heterocycles. The van der Waals surface area contributed by atoms with Crippen LogP contribution in [0, 0.1) is 0 Å². The van der Waals surface area contributed by atoms with Gasteiger partial charge < -0.3 is 30.9 Å². The molecule has 0 bridgehead atoms. The largest absolute Gasteiger partial charge is 0.493 e. The van der Waals surface area contributed by atoms with Gasteiger partial charge in [-0.2, -0.15) is 4.98 Å². The Kier molecular flexibility index (Phi) is 8.16. The molecule has 0 saturated heterocycles. The fourth-order valence-electron chi connectivity index (χ4n) is 5.27. The zero-order valence-corrected chi connectivity index (χ0v) is 23.1. The minimum atomic E-state index is -0.225. The highest BCUT2D eigenvalue weighted by Crippen LogP contribution is 2.37. The third kappa shape index (κ3) is 5.85. The van der Waals surface area contributed by atoms with Gasteiger partial charge in [0.1, 0.15) is 5.82 Å². The van der Waals surface area contributed by atoms with Gasteiger partial charge in [-0.3, -0.25) is 4.79 Å². The van der Waals surface area contributed by atoms with Gasteiger partial charge in [-0.1, -0.05) is 48.5 Å². The van der Waals surface area contributed by atoms with E-state index in [2.05, 4.69) is 33.1 Å². The molecular formula is C32H33N5O4. The first kappa shape index (κ1) is 27.7. The van der Waals surface area contributed by atoms with Crippen LogP contribution in [0.1, 0.15) is 49.8 Å². The lowest BCUT2D eigenvalue weighted by Crippen LogP contribution is -2.32.